The van der Waals surface area contributed by atoms with Gasteiger partial charge < -0.3 is 4.57 Å². The molecule has 0 saturated carbocycles. The van der Waals surface area contributed by atoms with Gasteiger partial charge in [0.25, 0.3) is 0 Å². The first-order chi connectivity index (χ1) is 8.59. The average Bonchev–Trinajstić information content (AvgIpc) is 2.75. The first-order valence-corrected chi connectivity index (χ1v) is 6.63. The molecule has 94 valence electrons. The van der Waals surface area contributed by atoms with Gasteiger partial charge in [0.15, 0.2) is 5.78 Å². The number of benzene rings is 1. The molecule has 0 N–H and O–H groups in total. The monoisotopic (exact) mass is 306 g/mol. The highest BCUT2D eigenvalue weighted by Gasteiger charge is 2.11. The largest absolute Gasteiger partial charge is 0.338 e. The highest BCUT2D eigenvalue weighted by atomic mass is 79.9. The van der Waals surface area contributed by atoms with Crippen LogP contribution in [0.1, 0.15) is 28.2 Å². The summed E-state index contributed by atoms with van der Waals surface area (Å²) in [5, 5.41) is 0. The Morgan fingerprint density at radius 2 is 2.22 bits per heavy atom. The molecular formula is C14H15BrN2O. The summed E-state index contributed by atoms with van der Waals surface area (Å²) < 4.78 is 2.92. The molecule has 0 saturated heterocycles. The van der Waals surface area contributed by atoms with E-state index >= 15 is 0 Å². The van der Waals surface area contributed by atoms with Gasteiger partial charge in [0.05, 0.1) is 0 Å². The summed E-state index contributed by atoms with van der Waals surface area (Å²) in [6, 6.07) is 5.72. The molecule has 1 aromatic heterocycles. The fourth-order valence-corrected chi connectivity index (χ4v) is 2.27. The van der Waals surface area contributed by atoms with Crippen LogP contribution >= 0.6 is 15.9 Å². The molecule has 0 radical (unpaired) electrons. The van der Waals surface area contributed by atoms with Crippen LogP contribution in [0.5, 0.6) is 0 Å². The van der Waals surface area contributed by atoms with Gasteiger partial charge in [-0.05, 0) is 18.6 Å². The molecule has 0 aliphatic heterocycles. The topological polar surface area (TPSA) is 34.9 Å². The second-order valence-electron chi connectivity index (χ2n) is 4.29. The van der Waals surface area contributed by atoms with Crippen LogP contribution in [0, 0.1) is 6.92 Å². The summed E-state index contributed by atoms with van der Waals surface area (Å²) >= 11 is 3.45. The van der Waals surface area contributed by atoms with Crippen LogP contribution in [0.15, 0.2) is 35.1 Å². The van der Waals surface area contributed by atoms with Gasteiger partial charge in [0.2, 0.25) is 0 Å². The van der Waals surface area contributed by atoms with Gasteiger partial charge in [0.1, 0.15) is 5.82 Å². The number of carbonyl (C=O) groups excluding carboxylic acids is 1. The van der Waals surface area contributed by atoms with Crippen LogP contribution in [-0.4, -0.2) is 15.3 Å². The van der Waals surface area contributed by atoms with E-state index in [0.717, 1.165) is 21.4 Å². The van der Waals surface area contributed by atoms with Gasteiger partial charge >= 0.3 is 0 Å². The van der Waals surface area contributed by atoms with Gasteiger partial charge in [-0.25, -0.2) is 4.98 Å². The number of imidazole rings is 1. The average molecular weight is 307 g/mol. The second kappa shape index (κ2) is 5.48. The van der Waals surface area contributed by atoms with Gasteiger partial charge in [0, 0.05) is 42.3 Å². The SMILES string of the molecule is Cc1c(Br)cccc1C(=O)CCc1nccn1C. The van der Waals surface area contributed by atoms with Crippen LogP contribution in [0.2, 0.25) is 0 Å². The van der Waals surface area contributed by atoms with Crippen LogP contribution < -0.4 is 0 Å². The van der Waals surface area contributed by atoms with Crippen LogP contribution in [0.25, 0.3) is 0 Å². The molecule has 0 fully saturated rings. The van der Waals surface area contributed by atoms with Crippen molar-refractivity contribution < 1.29 is 4.79 Å². The number of halogens is 1. The number of aromatic nitrogens is 2. The number of ketones is 1. The van der Waals surface area contributed by atoms with Crippen molar-refractivity contribution in [2.45, 2.75) is 19.8 Å². The van der Waals surface area contributed by atoms with Gasteiger partial charge in [-0.15, -0.1) is 0 Å². The molecule has 0 spiro atoms. The number of hydrogen-bond donors (Lipinski definition) is 0. The Hall–Kier alpha value is -1.42. The van der Waals surface area contributed by atoms with Crippen LogP contribution in [0.4, 0.5) is 0 Å². The predicted molar refractivity (Wildman–Crippen MR) is 74.7 cm³/mol. The zero-order valence-electron chi connectivity index (χ0n) is 10.5. The minimum Gasteiger partial charge on any atom is -0.338 e. The number of carbonyl (C=O) groups is 1. The Balaban J connectivity index is 2.09. The standard InChI is InChI=1S/C14H15BrN2O/c1-10-11(4-3-5-12(10)15)13(18)6-7-14-16-8-9-17(14)2/h3-5,8-9H,6-7H2,1-2H3. The Morgan fingerprint density at radius 3 is 2.89 bits per heavy atom. The first kappa shape index (κ1) is 13.0. The molecule has 0 amide bonds. The smallest absolute Gasteiger partial charge is 0.163 e. The molecule has 0 aliphatic carbocycles. The molecular weight excluding hydrogens is 292 g/mol. The predicted octanol–water partition coefficient (Wildman–Crippen LogP) is 3.31. The zero-order valence-corrected chi connectivity index (χ0v) is 12.1. The van der Waals surface area contributed by atoms with E-state index in [0.29, 0.717) is 12.8 Å². The molecule has 0 aliphatic rings. The van der Waals surface area contributed by atoms with Crippen molar-refractivity contribution in [1.82, 2.24) is 9.55 Å². The molecule has 0 atom stereocenters. The molecule has 2 aromatic rings. The Morgan fingerprint density at radius 1 is 1.44 bits per heavy atom. The number of nitrogens with zero attached hydrogens (tertiary/aromatic N) is 2. The molecule has 3 nitrogen and oxygen atoms in total. The minimum absolute atomic E-state index is 0.164. The lowest BCUT2D eigenvalue weighted by molar-refractivity contribution is 0.0981. The minimum atomic E-state index is 0.164. The fourth-order valence-electron chi connectivity index (χ4n) is 1.91. The van der Waals surface area contributed by atoms with Crippen molar-refractivity contribution in [2.24, 2.45) is 7.05 Å². The van der Waals surface area contributed by atoms with E-state index in [9.17, 15) is 4.79 Å². The van der Waals surface area contributed by atoms with E-state index in [1.807, 2.05) is 42.9 Å². The summed E-state index contributed by atoms with van der Waals surface area (Å²) in [5.74, 6) is 1.10. The number of hydrogen-bond acceptors (Lipinski definition) is 2. The van der Waals surface area contributed by atoms with Crippen molar-refractivity contribution in [1.29, 1.82) is 0 Å². The Labute approximate surface area is 115 Å². The van der Waals surface area contributed by atoms with E-state index in [-0.39, 0.29) is 5.78 Å². The second-order valence-corrected chi connectivity index (χ2v) is 5.14. The Kier molecular flexibility index (Phi) is 3.97. The highest BCUT2D eigenvalue weighted by Crippen LogP contribution is 2.20. The maximum Gasteiger partial charge on any atom is 0.163 e. The summed E-state index contributed by atoms with van der Waals surface area (Å²) in [4.78, 5) is 16.4. The third kappa shape index (κ3) is 2.70. The van der Waals surface area contributed by atoms with Crippen molar-refractivity contribution in [3.8, 4) is 0 Å². The maximum atomic E-state index is 12.2. The molecule has 1 heterocycles. The lowest BCUT2D eigenvalue weighted by atomic mass is 10.0. The van der Waals surface area contributed by atoms with E-state index in [2.05, 4.69) is 20.9 Å². The zero-order chi connectivity index (χ0) is 13.1. The molecule has 0 unspecified atom stereocenters. The van der Waals surface area contributed by atoms with E-state index in [1.54, 1.807) is 6.20 Å². The maximum absolute atomic E-state index is 12.2. The third-order valence-corrected chi connectivity index (χ3v) is 3.92. The first-order valence-electron chi connectivity index (χ1n) is 5.84. The summed E-state index contributed by atoms with van der Waals surface area (Å²) in [5.41, 5.74) is 1.79. The highest BCUT2D eigenvalue weighted by molar-refractivity contribution is 9.10. The summed E-state index contributed by atoms with van der Waals surface area (Å²) in [6.45, 7) is 1.96. The lowest BCUT2D eigenvalue weighted by Gasteiger charge is -2.06. The lowest BCUT2D eigenvalue weighted by Crippen LogP contribution is -2.06. The van der Waals surface area contributed by atoms with Crippen molar-refractivity contribution in [2.75, 3.05) is 0 Å². The molecule has 4 heteroatoms. The quantitative estimate of drug-likeness (QED) is 0.812. The summed E-state index contributed by atoms with van der Waals surface area (Å²) in [6.07, 6.45) is 4.81. The summed E-state index contributed by atoms with van der Waals surface area (Å²) in [7, 11) is 1.94. The van der Waals surface area contributed by atoms with Gasteiger partial charge in [-0.2, -0.15) is 0 Å². The van der Waals surface area contributed by atoms with Gasteiger partial charge in [-0.1, -0.05) is 28.1 Å². The van der Waals surface area contributed by atoms with E-state index in [4.69, 9.17) is 0 Å². The number of Topliss-reactive ketones (excluding diaryl/α,β-unsaturated/α-hetero) is 1. The third-order valence-electron chi connectivity index (χ3n) is 3.06. The van der Waals surface area contributed by atoms with Crippen molar-refractivity contribution in [3.63, 3.8) is 0 Å². The van der Waals surface area contributed by atoms with Crippen molar-refractivity contribution >= 4 is 21.7 Å². The molecule has 0 bridgehead atoms. The van der Waals surface area contributed by atoms with Crippen LogP contribution in [0.3, 0.4) is 0 Å². The molecule has 1 aromatic carbocycles. The number of rotatable bonds is 4. The van der Waals surface area contributed by atoms with E-state index < -0.39 is 0 Å². The number of aryl methyl sites for hydroxylation is 2. The van der Waals surface area contributed by atoms with E-state index in [1.165, 1.54) is 0 Å². The van der Waals surface area contributed by atoms with Gasteiger partial charge in [-0.3, -0.25) is 4.79 Å². The Bertz CT molecular complexity index is 575. The van der Waals surface area contributed by atoms with Crippen LogP contribution in [-0.2, 0) is 13.5 Å². The normalized spacial score (nSPS) is 10.6. The molecule has 2 rings (SSSR count). The fraction of sp³-hybridized carbons (Fsp3) is 0.286. The van der Waals surface area contributed by atoms with Crippen molar-refractivity contribution in [3.05, 3.63) is 52.0 Å². The molecule has 18 heavy (non-hydrogen) atoms.